The van der Waals surface area contributed by atoms with Crippen molar-refractivity contribution in [3.05, 3.63) is 87.6 Å². The zero-order valence-electron chi connectivity index (χ0n) is 16.8. The highest BCUT2D eigenvalue weighted by molar-refractivity contribution is 5.89. The van der Waals surface area contributed by atoms with Crippen LogP contribution in [0.15, 0.2) is 59.5 Å². The second-order valence-corrected chi connectivity index (χ2v) is 6.77. The number of hydrogen-bond donors (Lipinski definition) is 1. The van der Waals surface area contributed by atoms with Gasteiger partial charge in [0.25, 0.3) is 5.56 Å². The molecule has 0 aliphatic rings. The average Bonchev–Trinajstić information content (AvgIpc) is 3.23. The molecule has 4 aromatic rings. The molecule has 156 valence electrons. The summed E-state index contributed by atoms with van der Waals surface area (Å²) in [6.45, 7) is 1.72. The number of hydrogen-bond acceptors (Lipinski definition) is 7. The van der Waals surface area contributed by atoms with E-state index < -0.39 is 11.9 Å². The minimum absolute atomic E-state index is 0.0495. The quantitative estimate of drug-likeness (QED) is 0.495. The molecule has 0 aliphatic heterocycles. The van der Waals surface area contributed by atoms with Crippen molar-refractivity contribution in [2.24, 2.45) is 0 Å². The molecule has 0 radical (unpaired) electrons. The van der Waals surface area contributed by atoms with Crippen LogP contribution in [0.3, 0.4) is 0 Å². The fourth-order valence-electron chi connectivity index (χ4n) is 3.03. The van der Waals surface area contributed by atoms with Crippen molar-refractivity contribution in [1.29, 1.82) is 0 Å². The first kappa shape index (κ1) is 20.0. The number of aromatic nitrogens is 4. The van der Waals surface area contributed by atoms with Gasteiger partial charge in [0.1, 0.15) is 18.0 Å². The maximum Gasteiger partial charge on any atom is 0.356 e. The maximum absolute atomic E-state index is 12.5. The van der Waals surface area contributed by atoms with E-state index in [1.165, 1.54) is 30.0 Å². The fraction of sp³-hybridized carbons (Fsp3) is 0.136. The Kier molecular flexibility index (Phi) is 5.31. The molecule has 0 spiro atoms. The second-order valence-electron chi connectivity index (χ2n) is 6.77. The van der Waals surface area contributed by atoms with Crippen LogP contribution in [0.25, 0.3) is 16.9 Å². The first-order chi connectivity index (χ1) is 15.0. The molecule has 9 nitrogen and oxygen atoms in total. The van der Waals surface area contributed by atoms with E-state index in [0.29, 0.717) is 16.9 Å². The highest BCUT2D eigenvalue weighted by Crippen LogP contribution is 2.16. The van der Waals surface area contributed by atoms with Gasteiger partial charge in [-0.25, -0.2) is 24.1 Å². The summed E-state index contributed by atoms with van der Waals surface area (Å²) < 4.78 is 11.2. The number of ether oxygens (including phenoxy) is 2. The van der Waals surface area contributed by atoms with Gasteiger partial charge in [-0.2, -0.15) is 0 Å². The number of nitrogens with one attached hydrogen (secondary N) is 1. The molecule has 0 saturated carbocycles. The fourth-order valence-corrected chi connectivity index (χ4v) is 3.03. The molecule has 1 aromatic carbocycles. The molecule has 0 bridgehead atoms. The Labute approximate surface area is 176 Å². The number of nitrogens with zero attached hydrogens (tertiary/aromatic N) is 3. The average molecular weight is 418 g/mol. The Balaban J connectivity index is 1.54. The molecule has 0 amide bonds. The Hall–Kier alpha value is -4.27. The first-order valence-corrected chi connectivity index (χ1v) is 9.35. The maximum atomic E-state index is 12.5. The summed E-state index contributed by atoms with van der Waals surface area (Å²) in [5, 5.41) is 2.72. The number of aromatic amines is 1. The minimum Gasteiger partial charge on any atom is -0.464 e. The van der Waals surface area contributed by atoms with Crippen LogP contribution >= 0.6 is 0 Å². The van der Waals surface area contributed by atoms with Crippen LogP contribution in [0, 0.1) is 6.92 Å². The van der Waals surface area contributed by atoms with Crippen LogP contribution in [0.5, 0.6) is 0 Å². The van der Waals surface area contributed by atoms with Crippen molar-refractivity contribution in [3.8, 4) is 11.3 Å². The van der Waals surface area contributed by atoms with Crippen molar-refractivity contribution in [3.63, 3.8) is 0 Å². The summed E-state index contributed by atoms with van der Waals surface area (Å²) in [5.41, 5.74) is 2.89. The van der Waals surface area contributed by atoms with Crippen molar-refractivity contribution in [2.75, 3.05) is 7.11 Å². The van der Waals surface area contributed by atoms with Gasteiger partial charge in [0.15, 0.2) is 5.65 Å². The molecular weight excluding hydrogens is 400 g/mol. The molecule has 31 heavy (non-hydrogen) atoms. The molecule has 0 fully saturated rings. The van der Waals surface area contributed by atoms with Gasteiger partial charge in [0.05, 0.1) is 12.8 Å². The van der Waals surface area contributed by atoms with E-state index in [0.717, 1.165) is 11.1 Å². The first-order valence-electron chi connectivity index (χ1n) is 9.35. The highest BCUT2D eigenvalue weighted by atomic mass is 16.5. The number of rotatable bonds is 5. The van der Waals surface area contributed by atoms with Crippen LogP contribution in [0.2, 0.25) is 0 Å². The molecular formula is C22H18N4O5. The predicted molar refractivity (Wildman–Crippen MR) is 111 cm³/mol. The number of methoxy groups -OCH3 is 1. The van der Waals surface area contributed by atoms with Crippen molar-refractivity contribution in [2.45, 2.75) is 13.5 Å². The number of carbonyl (C=O) groups excluding carboxylic acids is 2. The Morgan fingerprint density at radius 2 is 1.87 bits per heavy atom. The third-order valence-corrected chi connectivity index (χ3v) is 4.71. The van der Waals surface area contributed by atoms with Crippen LogP contribution in [-0.4, -0.2) is 38.6 Å². The number of carbonyl (C=O) groups is 2. The molecule has 0 saturated heterocycles. The summed E-state index contributed by atoms with van der Waals surface area (Å²) in [5.74, 6) is -1.19. The number of aryl methyl sites for hydroxylation is 1. The summed E-state index contributed by atoms with van der Waals surface area (Å²) in [6.07, 6.45) is 1.46. The lowest BCUT2D eigenvalue weighted by atomic mass is 10.1. The number of benzene rings is 1. The second kappa shape index (κ2) is 8.23. The van der Waals surface area contributed by atoms with Gasteiger partial charge in [-0.1, -0.05) is 30.3 Å². The monoisotopic (exact) mass is 418 g/mol. The van der Waals surface area contributed by atoms with Gasteiger partial charge >= 0.3 is 11.9 Å². The van der Waals surface area contributed by atoms with Crippen LogP contribution in [0.4, 0.5) is 0 Å². The van der Waals surface area contributed by atoms with Crippen LogP contribution in [0.1, 0.15) is 32.1 Å². The highest BCUT2D eigenvalue weighted by Gasteiger charge is 2.16. The third kappa shape index (κ3) is 4.06. The lowest BCUT2D eigenvalue weighted by molar-refractivity contribution is 0.0462. The van der Waals surface area contributed by atoms with E-state index in [2.05, 4.69) is 19.8 Å². The zero-order chi connectivity index (χ0) is 22.0. The molecule has 0 atom stereocenters. The third-order valence-electron chi connectivity index (χ3n) is 4.71. The summed E-state index contributed by atoms with van der Waals surface area (Å²) in [4.78, 5) is 44.9. The number of esters is 2. The van der Waals surface area contributed by atoms with E-state index in [4.69, 9.17) is 4.74 Å². The van der Waals surface area contributed by atoms with E-state index in [9.17, 15) is 14.4 Å². The van der Waals surface area contributed by atoms with E-state index in [-0.39, 0.29) is 23.6 Å². The molecule has 3 heterocycles. The van der Waals surface area contributed by atoms with Gasteiger partial charge in [0, 0.05) is 29.5 Å². The van der Waals surface area contributed by atoms with Crippen LogP contribution < -0.4 is 5.56 Å². The molecule has 0 aliphatic carbocycles. The van der Waals surface area contributed by atoms with Crippen molar-refractivity contribution < 1.29 is 19.1 Å². The Bertz CT molecular complexity index is 1340. The zero-order valence-corrected chi connectivity index (χ0v) is 16.8. The predicted octanol–water partition coefficient (Wildman–Crippen LogP) is 2.54. The SMILES string of the molecule is COC(=O)c1cc(C)c(COC(=O)c2cc3nc(-c4ccccc4)cc(=O)n3[nH]2)cn1. The van der Waals surface area contributed by atoms with Gasteiger partial charge < -0.3 is 9.47 Å². The van der Waals surface area contributed by atoms with E-state index >= 15 is 0 Å². The summed E-state index contributed by atoms with van der Waals surface area (Å²) in [6, 6.07) is 13.7. The number of pyridine rings is 1. The van der Waals surface area contributed by atoms with E-state index in [1.54, 1.807) is 13.0 Å². The topological polar surface area (TPSA) is 116 Å². The Morgan fingerprint density at radius 3 is 2.58 bits per heavy atom. The smallest absolute Gasteiger partial charge is 0.356 e. The van der Waals surface area contributed by atoms with Gasteiger partial charge in [-0.05, 0) is 18.6 Å². The molecule has 0 unspecified atom stereocenters. The van der Waals surface area contributed by atoms with Gasteiger partial charge in [-0.3, -0.25) is 9.89 Å². The molecule has 3 aromatic heterocycles. The lowest BCUT2D eigenvalue weighted by Crippen LogP contribution is -2.15. The molecule has 4 rings (SSSR count). The van der Waals surface area contributed by atoms with Crippen molar-refractivity contribution >= 4 is 17.6 Å². The largest absolute Gasteiger partial charge is 0.464 e. The van der Waals surface area contributed by atoms with E-state index in [1.807, 2.05) is 30.3 Å². The summed E-state index contributed by atoms with van der Waals surface area (Å²) in [7, 11) is 1.28. The number of fused-ring (bicyclic) bond motifs is 1. The normalized spacial score (nSPS) is 10.8. The number of H-pyrrole nitrogens is 1. The van der Waals surface area contributed by atoms with Crippen molar-refractivity contribution in [1.82, 2.24) is 19.6 Å². The van der Waals surface area contributed by atoms with Gasteiger partial charge in [0.2, 0.25) is 0 Å². The molecule has 9 heteroatoms. The standard InChI is InChI=1S/C22H18N4O5/c1-13-8-17(21(28)30-2)23-11-15(13)12-31-22(29)18-9-19-24-16(10-20(27)26(19)25-18)14-6-4-3-5-7-14/h3-11,25H,12H2,1-2H3. The van der Waals surface area contributed by atoms with Gasteiger partial charge in [-0.15, -0.1) is 0 Å². The Morgan fingerprint density at radius 1 is 1.10 bits per heavy atom. The van der Waals surface area contributed by atoms with Crippen LogP contribution in [-0.2, 0) is 16.1 Å². The lowest BCUT2D eigenvalue weighted by Gasteiger charge is -2.07. The molecule has 1 N–H and O–H groups in total. The summed E-state index contributed by atoms with van der Waals surface area (Å²) >= 11 is 0. The minimum atomic E-state index is -0.650.